The SMILES string of the molecule is C=C[C@H](/C=C/C=NC)NC[C@H](C)[C@H](C)C=C. The Balaban J connectivity index is 4.04. The third-order valence-corrected chi connectivity index (χ3v) is 2.75. The van der Waals surface area contributed by atoms with Crippen LogP contribution in [0.3, 0.4) is 0 Å². The van der Waals surface area contributed by atoms with E-state index in [4.69, 9.17) is 0 Å². The lowest BCUT2D eigenvalue weighted by molar-refractivity contribution is 0.423. The third-order valence-electron chi connectivity index (χ3n) is 2.75. The van der Waals surface area contributed by atoms with Crippen molar-refractivity contribution in [2.45, 2.75) is 19.9 Å². The lowest BCUT2D eigenvalue weighted by atomic mass is 9.96. The molecule has 1 N–H and O–H groups in total. The summed E-state index contributed by atoms with van der Waals surface area (Å²) in [6.45, 7) is 13.0. The van der Waals surface area contributed by atoms with Gasteiger partial charge in [-0.1, -0.05) is 32.1 Å². The van der Waals surface area contributed by atoms with Crippen LogP contribution in [0.1, 0.15) is 13.8 Å². The number of hydrogen-bond acceptors (Lipinski definition) is 2. The Labute approximate surface area is 99.9 Å². The van der Waals surface area contributed by atoms with Crippen LogP contribution in [0.15, 0.2) is 42.5 Å². The molecule has 90 valence electrons. The Morgan fingerprint density at radius 2 is 1.94 bits per heavy atom. The second-order valence-corrected chi connectivity index (χ2v) is 4.03. The Morgan fingerprint density at radius 3 is 2.44 bits per heavy atom. The number of nitrogens with zero attached hydrogens (tertiary/aromatic N) is 1. The largest absolute Gasteiger partial charge is 0.307 e. The molecule has 0 amide bonds. The van der Waals surface area contributed by atoms with Gasteiger partial charge in [-0.3, -0.25) is 4.99 Å². The van der Waals surface area contributed by atoms with E-state index in [1.165, 1.54) is 0 Å². The minimum atomic E-state index is 0.206. The molecule has 0 aliphatic heterocycles. The molecule has 0 bridgehead atoms. The first-order chi connectivity index (χ1) is 7.65. The fourth-order valence-electron chi connectivity index (χ4n) is 1.23. The summed E-state index contributed by atoms with van der Waals surface area (Å²) in [5.74, 6) is 1.10. The summed E-state index contributed by atoms with van der Waals surface area (Å²) < 4.78 is 0. The van der Waals surface area contributed by atoms with Crippen LogP contribution in [0.25, 0.3) is 0 Å². The van der Waals surface area contributed by atoms with Crippen LogP contribution < -0.4 is 5.32 Å². The maximum atomic E-state index is 3.89. The zero-order chi connectivity index (χ0) is 12.4. The molecule has 2 heteroatoms. The van der Waals surface area contributed by atoms with Crippen molar-refractivity contribution >= 4 is 6.21 Å². The average molecular weight is 220 g/mol. The van der Waals surface area contributed by atoms with Gasteiger partial charge in [0, 0.05) is 19.3 Å². The monoisotopic (exact) mass is 220 g/mol. The molecule has 0 heterocycles. The molecule has 0 spiro atoms. The van der Waals surface area contributed by atoms with E-state index in [1.54, 1.807) is 13.3 Å². The van der Waals surface area contributed by atoms with E-state index in [2.05, 4.69) is 37.3 Å². The van der Waals surface area contributed by atoms with Gasteiger partial charge < -0.3 is 5.32 Å². The molecule has 2 nitrogen and oxygen atoms in total. The van der Waals surface area contributed by atoms with Gasteiger partial charge >= 0.3 is 0 Å². The van der Waals surface area contributed by atoms with Crippen molar-refractivity contribution < 1.29 is 0 Å². The first-order valence-electron chi connectivity index (χ1n) is 5.73. The molecule has 3 atom stereocenters. The lowest BCUT2D eigenvalue weighted by Gasteiger charge is -2.19. The summed E-state index contributed by atoms with van der Waals surface area (Å²) in [5, 5.41) is 3.43. The number of rotatable bonds is 8. The van der Waals surface area contributed by atoms with Crippen molar-refractivity contribution in [2.24, 2.45) is 16.8 Å². The van der Waals surface area contributed by atoms with Gasteiger partial charge in [-0.15, -0.1) is 13.2 Å². The maximum absolute atomic E-state index is 3.89. The third kappa shape index (κ3) is 6.36. The number of nitrogens with one attached hydrogen (secondary N) is 1. The highest BCUT2D eigenvalue weighted by Crippen LogP contribution is 2.10. The predicted octanol–water partition coefficient (Wildman–Crippen LogP) is 2.85. The molecule has 0 saturated carbocycles. The van der Waals surface area contributed by atoms with Crippen molar-refractivity contribution in [3.63, 3.8) is 0 Å². The molecule has 0 aliphatic rings. The first-order valence-corrected chi connectivity index (χ1v) is 5.73. The van der Waals surface area contributed by atoms with E-state index in [-0.39, 0.29) is 6.04 Å². The quantitative estimate of drug-likeness (QED) is 0.493. The van der Waals surface area contributed by atoms with Crippen molar-refractivity contribution in [3.8, 4) is 0 Å². The molecule has 0 fully saturated rings. The molecule has 0 aromatic carbocycles. The van der Waals surface area contributed by atoms with E-state index >= 15 is 0 Å². The van der Waals surface area contributed by atoms with Gasteiger partial charge in [-0.05, 0) is 24.5 Å². The molecule has 0 unspecified atom stereocenters. The maximum Gasteiger partial charge on any atom is 0.0436 e. The molecular weight excluding hydrogens is 196 g/mol. The van der Waals surface area contributed by atoms with Gasteiger partial charge in [-0.2, -0.15) is 0 Å². The number of allylic oxidation sites excluding steroid dienone is 2. The topological polar surface area (TPSA) is 24.4 Å². The highest BCUT2D eigenvalue weighted by molar-refractivity contribution is 5.70. The second kappa shape index (κ2) is 9.10. The molecule has 0 saturated heterocycles. The van der Waals surface area contributed by atoms with Gasteiger partial charge in [0.05, 0.1) is 0 Å². The zero-order valence-electron chi connectivity index (χ0n) is 10.7. The molecule has 16 heavy (non-hydrogen) atoms. The van der Waals surface area contributed by atoms with E-state index in [1.807, 2.05) is 24.3 Å². The van der Waals surface area contributed by atoms with Crippen molar-refractivity contribution in [1.29, 1.82) is 0 Å². The normalized spacial score (nSPS) is 17.4. The number of hydrogen-bond donors (Lipinski definition) is 1. The standard InChI is InChI=1S/C14H24N2/c1-6-12(3)13(4)11-16-14(7-2)9-8-10-15-5/h6-10,12-14,16H,1-2,11H2,3-5H3/b9-8+,15-10?/t12-,13+,14-/m1/s1. The molecular formula is C14H24N2. The fourth-order valence-corrected chi connectivity index (χ4v) is 1.23. The Bertz CT molecular complexity index is 253. The predicted molar refractivity (Wildman–Crippen MR) is 74.1 cm³/mol. The highest BCUT2D eigenvalue weighted by Gasteiger charge is 2.09. The Kier molecular flexibility index (Phi) is 8.45. The van der Waals surface area contributed by atoms with E-state index < -0.39 is 0 Å². The van der Waals surface area contributed by atoms with Crippen LogP contribution in [0.5, 0.6) is 0 Å². The second-order valence-electron chi connectivity index (χ2n) is 4.03. The summed E-state index contributed by atoms with van der Waals surface area (Å²) in [6, 6.07) is 0.206. The molecule has 0 aromatic heterocycles. The van der Waals surface area contributed by atoms with Crippen molar-refractivity contribution in [1.82, 2.24) is 5.32 Å². The summed E-state index contributed by atoms with van der Waals surface area (Å²) in [5.41, 5.74) is 0. The van der Waals surface area contributed by atoms with Crippen molar-refractivity contribution in [3.05, 3.63) is 37.5 Å². The molecule has 0 radical (unpaired) electrons. The van der Waals surface area contributed by atoms with Gasteiger partial charge in [0.2, 0.25) is 0 Å². The average Bonchev–Trinajstić information content (AvgIpc) is 2.32. The molecule has 0 aliphatic carbocycles. The molecule has 0 rings (SSSR count). The summed E-state index contributed by atoms with van der Waals surface area (Å²) in [7, 11) is 1.76. The molecule has 0 aromatic rings. The van der Waals surface area contributed by atoms with Crippen LogP contribution in [-0.2, 0) is 0 Å². The first kappa shape index (κ1) is 14.8. The van der Waals surface area contributed by atoms with E-state index in [9.17, 15) is 0 Å². The fraction of sp³-hybridized carbons (Fsp3) is 0.500. The lowest BCUT2D eigenvalue weighted by Crippen LogP contribution is -2.31. The summed E-state index contributed by atoms with van der Waals surface area (Å²) in [6.07, 6.45) is 9.64. The zero-order valence-corrected chi connectivity index (χ0v) is 10.7. The van der Waals surface area contributed by atoms with Gasteiger partial charge in [0.15, 0.2) is 0 Å². The minimum Gasteiger partial charge on any atom is -0.307 e. The smallest absolute Gasteiger partial charge is 0.0436 e. The van der Waals surface area contributed by atoms with Gasteiger partial charge in [-0.25, -0.2) is 0 Å². The Hall–Kier alpha value is -1.15. The van der Waals surface area contributed by atoms with Crippen LogP contribution in [0.2, 0.25) is 0 Å². The van der Waals surface area contributed by atoms with Crippen LogP contribution in [0.4, 0.5) is 0 Å². The van der Waals surface area contributed by atoms with Gasteiger partial charge in [0.1, 0.15) is 0 Å². The van der Waals surface area contributed by atoms with E-state index in [0.717, 1.165) is 6.54 Å². The van der Waals surface area contributed by atoms with E-state index in [0.29, 0.717) is 11.8 Å². The summed E-state index contributed by atoms with van der Waals surface area (Å²) >= 11 is 0. The summed E-state index contributed by atoms with van der Waals surface area (Å²) in [4.78, 5) is 3.89. The van der Waals surface area contributed by atoms with Crippen LogP contribution in [0, 0.1) is 11.8 Å². The minimum absolute atomic E-state index is 0.206. The van der Waals surface area contributed by atoms with Crippen molar-refractivity contribution in [2.75, 3.05) is 13.6 Å². The van der Waals surface area contributed by atoms with Crippen LogP contribution >= 0.6 is 0 Å². The Morgan fingerprint density at radius 1 is 1.25 bits per heavy atom. The van der Waals surface area contributed by atoms with Crippen LogP contribution in [-0.4, -0.2) is 25.8 Å². The van der Waals surface area contributed by atoms with Gasteiger partial charge in [0.25, 0.3) is 0 Å². The number of aliphatic imine (C=N–C) groups is 1. The highest BCUT2D eigenvalue weighted by atomic mass is 14.9.